The largest absolute Gasteiger partial charge is 0.496 e. The Bertz CT molecular complexity index is 1430. The molecule has 0 amide bonds. The van der Waals surface area contributed by atoms with Crippen LogP contribution in [0.1, 0.15) is 28.3 Å². The van der Waals surface area contributed by atoms with Crippen LogP contribution in [0.25, 0.3) is 0 Å². The van der Waals surface area contributed by atoms with Crippen LogP contribution in [0.3, 0.4) is 0 Å². The lowest BCUT2D eigenvalue weighted by Crippen LogP contribution is -2.32. The SMILES string of the molecule is COc1ccc(C2N=C(NC#N)Nc3nc(N)c(C#N)c(N)c32)cc1COc1ccc(Cl)cc1Cl. The molecule has 12 heteroatoms. The number of benzene rings is 2. The number of aromatic nitrogens is 1. The summed E-state index contributed by atoms with van der Waals surface area (Å²) >= 11 is 12.2. The highest BCUT2D eigenvalue weighted by atomic mass is 35.5. The maximum Gasteiger partial charge on any atom is 0.211 e. The summed E-state index contributed by atoms with van der Waals surface area (Å²) in [6, 6.07) is 11.6. The molecule has 1 unspecified atom stereocenters. The summed E-state index contributed by atoms with van der Waals surface area (Å²) < 4.78 is 11.4. The van der Waals surface area contributed by atoms with Crippen LogP contribution in [0, 0.1) is 22.8 Å². The van der Waals surface area contributed by atoms with Gasteiger partial charge < -0.3 is 26.3 Å². The van der Waals surface area contributed by atoms with Gasteiger partial charge in [-0.3, -0.25) is 5.32 Å². The highest BCUT2D eigenvalue weighted by Crippen LogP contribution is 2.41. The molecule has 2 aromatic carbocycles. The van der Waals surface area contributed by atoms with Crippen molar-refractivity contribution in [1.29, 1.82) is 10.5 Å². The van der Waals surface area contributed by atoms with Crippen LogP contribution in [0.15, 0.2) is 41.4 Å². The van der Waals surface area contributed by atoms with E-state index >= 15 is 0 Å². The van der Waals surface area contributed by atoms with Crippen LogP contribution in [0.2, 0.25) is 10.0 Å². The van der Waals surface area contributed by atoms with Crippen molar-refractivity contribution in [3.63, 3.8) is 0 Å². The summed E-state index contributed by atoms with van der Waals surface area (Å²) in [5.41, 5.74) is 14.3. The molecule has 10 nitrogen and oxygen atoms in total. The van der Waals surface area contributed by atoms with E-state index in [1.165, 1.54) is 0 Å². The molecule has 1 aromatic heterocycles. The molecule has 1 aliphatic heterocycles. The minimum Gasteiger partial charge on any atom is -0.496 e. The molecule has 1 aliphatic rings. The fourth-order valence-corrected chi connectivity index (χ4v) is 4.11. The van der Waals surface area contributed by atoms with Crippen LogP contribution in [-0.4, -0.2) is 18.1 Å². The second-order valence-electron chi connectivity index (χ2n) is 7.34. The number of nitrogens with zero attached hydrogens (tertiary/aromatic N) is 4. The van der Waals surface area contributed by atoms with Crippen LogP contribution in [0.4, 0.5) is 17.3 Å². The number of nitriles is 2. The maximum absolute atomic E-state index is 9.51. The molecule has 0 bridgehead atoms. The van der Waals surface area contributed by atoms with E-state index in [1.54, 1.807) is 37.4 Å². The zero-order valence-electron chi connectivity index (χ0n) is 18.3. The first-order valence-electron chi connectivity index (χ1n) is 10.1. The number of nitrogen functional groups attached to an aromatic ring is 2. The smallest absolute Gasteiger partial charge is 0.211 e. The van der Waals surface area contributed by atoms with Crippen molar-refractivity contribution < 1.29 is 9.47 Å². The highest BCUT2D eigenvalue weighted by molar-refractivity contribution is 6.35. The van der Waals surface area contributed by atoms with Gasteiger partial charge in [0.1, 0.15) is 47.4 Å². The first-order chi connectivity index (χ1) is 16.9. The Morgan fingerprint density at radius 2 is 1.91 bits per heavy atom. The third kappa shape index (κ3) is 4.66. The number of halogens is 2. The van der Waals surface area contributed by atoms with Gasteiger partial charge in [-0.1, -0.05) is 29.3 Å². The maximum atomic E-state index is 9.51. The monoisotopic (exact) mass is 508 g/mol. The summed E-state index contributed by atoms with van der Waals surface area (Å²) in [5, 5.41) is 24.8. The quantitative estimate of drug-likeness (QED) is 0.294. The van der Waals surface area contributed by atoms with Gasteiger partial charge in [-0.05, 0) is 35.9 Å². The van der Waals surface area contributed by atoms with Gasteiger partial charge in [-0.2, -0.15) is 10.5 Å². The van der Waals surface area contributed by atoms with Crippen molar-refractivity contribution in [3.05, 3.63) is 68.7 Å². The Balaban J connectivity index is 1.77. The summed E-state index contributed by atoms with van der Waals surface area (Å²) in [6.45, 7) is 0.127. The van der Waals surface area contributed by atoms with Crippen molar-refractivity contribution >= 4 is 46.5 Å². The molecule has 176 valence electrons. The van der Waals surface area contributed by atoms with E-state index < -0.39 is 6.04 Å². The third-order valence-corrected chi connectivity index (χ3v) is 5.79. The predicted molar refractivity (Wildman–Crippen MR) is 133 cm³/mol. The second-order valence-corrected chi connectivity index (χ2v) is 8.18. The van der Waals surface area contributed by atoms with E-state index in [0.29, 0.717) is 44.1 Å². The van der Waals surface area contributed by atoms with Crippen molar-refractivity contribution in [2.24, 2.45) is 4.99 Å². The van der Waals surface area contributed by atoms with Gasteiger partial charge in [0.15, 0.2) is 6.19 Å². The lowest BCUT2D eigenvalue weighted by molar-refractivity contribution is 0.296. The van der Waals surface area contributed by atoms with E-state index in [9.17, 15) is 5.26 Å². The molecule has 0 saturated carbocycles. The minimum atomic E-state index is -0.703. The predicted octanol–water partition coefficient (Wildman–Crippen LogP) is 3.95. The minimum absolute atomic E-state index is 0.0307. The zero-order chi connectivity index (χ0) is 25.1. The van der Waals surface area contributed by atoms with Gasteiger partial charge in [0.05, 0.1) is 17.8 Å². The number of ether oxygens (including phenoxy) is 2. The van der Waals surface area contributed by atoms with Crippen LogP contribution in [-0.2, 0) is 6.61 Å². The van der Waals surface area contributed by atoms with Crippen LogP contribution in [0.5, 0.6) is 11.5 Å². The van der Waals surface area contributed by atoms with E-state index in [0.717, 1.165) is 0 Å². The van der Waals surface area contributed by atoms with Gasteiger partial charge in [0.25, 0.3) is 0 Å². The highest BCUT2D eigenvalue weighted by Gasteiger charge is 2.30. The third-order valence-electron chi connectivity index (χ3n) is 5.25. The molecular formula is C23H18Cl2N8O2. The van der Waals surface area contributed by atoms with Gasteiger partial charge in [-0.25, -0.2) is 9.98 Å². The van der Waals surface area contributed by atoms with Gasteiger partial charge >= 0.3 is 0 Å². The molecular weight excluding hydrogens is 491 g/mol. The van der Waals surface area contributed by atoms with Crippen LogP contribution >= 0.6 is 23.2 Å². The number of rotatable bonds is 5. The molecule has 2 heterocycles. The zero-order valence-corrected chi connectivity index (χ0v) is 19.8. The molecule has 4 rings (SSSR count). The molecule has 0 saturated heterocycles. The Labute approximate surface area is 210 Å². The van der Waals surface area contributed by atoms with Crippen molar-refractivity contribution in [2.75, 3.05) is 23.9 Å². The second kappa shape index (κ2) is 9.85. The van der Waals surface area contributed by atoms with E-state index in [1.807, 2.05) is 18.3 Å². The van der Waals surface area contributed by atoms with E-state index in [-0.39, 0.29) is 29.6 Å². The normalized spacial score (nSPS) is 14.0. The number of anilines is 3. The topological polar surface area (TPSA) is 167 Å². The fourth-order valence-electron chi connectivity index (χ4n) is 3.65. The number of hydrogen-bond donors (Lipinski definition) is 4. The van der Waals surface area contributed by atoms with Gasteiger partial charge in [0, 0.05) is 16.1 Å². The average molecular weight is 509 g/mol. The first-order valence-corrected chi connectivity index (χ1v) is 10.8. The molecule has 1 atom stereocenters. The van der Waals surface area contributed by atoms with Crippen LogP contribution < -0.4 is 31.6 Å². The summed E-state index contributed by atoms with van der Waals surface area (Å²) in [6.07, 6.45) is 1.82. The Morgan fingerprint density at radius 3 is 2.60 bits per heavy atom. The van der Waals surface area contributed by atoms with Gasteiger partial charge in [-0.15, -0.1) is 0 Å². The number of nitrogens with two attached hydrogens (primary N) is 2. The molecule has 3 aromatic rings. The molecule has 0 spiro atoms. The van der Waals surface area contributed by atoms with Crippen molar-refractivity contribution in [2.45, 2.75) is 12.6 Å². The summed E-state index contributed by atoms with van der Waals surface area (Å²) in [5.74, 6) is 1.45. The number of methoxy groups -OCH3 is 1. The molecule has 0 radical (unpaired) electrons. The number of aliphatic imine (C=N–C) groups is 1. The lowest BCUT2D eigenvalue weighted by Gasteiger charge is -2.26. The lowest BCUT2D eigenvalue weighted by atomic mass is 9.94. The standard InChI is InChI=1S/C23H18Cl2N8O2/c1-34-16-4-2-11(6-12(16)9-35-17-5-3-13(24)7-15(17)25)20-18-19(28)14(8-26)21(29)32-22(18)33-23(31-20)30-10-27/h2-7,20H,9H2,1H3,(H6,28,29,30,31,32,33). The summed E-state index contributed by atoms with van der Waals surface area (Å²) in [7, 11) is 1.55. The van der Waals surface area contributed by atoms with Crippen molar-refractivity contribution in [3.8, 4) is 23.8 Å². The Hall–Kier alpha value is -4.38. The average Bonchev–Trinajstić information content (AvgIpc) is 2.83. The van der Waals surface area contributed by atoms with Crippen molar-refractivity contribution in [1.82, 2.24) is 10.3 Å². The van der Waals surface area contributed by atoms with E-state index in [2.05, 4.69) is 20.6 Å². The fraction of sp³-hybridized carbons (Fsp3) is 0.130. The molecule has 6 N–H and O–H groups in total. The van der Waals surface area contributed by atoms with Gasteiger partial charge in [0.2, 0.25) is 5.96 Å². The molecule has 0 aliphatic carbocycles. The number of nitrogens with one attached hydrogen (secondary N) is 2. The molecule has 0 fully saturated rings. The Kier molecular flexibility index (Phi) is 6.69. The first kappa shape index (κ1) is 23.8. The number of fused-ring (bicyclic) bond motifs is 1. The number of pyridine rings is 1. The molecule has 35 heavy (non-hydrogen) atoms. The van der Waals surface area contributed by atoms with E-state index in [4.69, 9.17) is 49.4 Å². The Morgan fingerprint density at radius 1 is 1.14 bits per heavy atom. The number of hydrogen-bond acceptors (Lipinski definition) is 10. The summed E-state index contributed by atoms with van der Waals surface area (Å²) in [4.78, 5) is 8.83. The number of guanidine groups is 1.